The van der Waals surface area contributed by atoms with Gasteiger partial charge in [0.15, 0.2) is 0 Å². The van der Waals surface area contributed by atoms with Gasteiger partial charge < -0.3 is 19.5 Å². The first-order valence-electron chi connectivity index (χ1n) is 6.48. The Labute approximate surface area is 110 Å². The van der Waals surface area contributed by atoms with Crippen LogP contribution in [-0.4, -0.2) is 51.6 Å². The zero-order valence-corrected chi connectivity index (χ0v) is 12.2. The van der Waals surface area contributed by atoms with Gasteiger partial charge >= 0.3 is 5.97 Å². The molecule has 0 saturated heterocycles. The van der Waals surface area contributed by atoms with Crippen LogP contribution < -0.4 is 5.32 Å². The maximum Gasteiger partial charge on any atom is 0.328 e. The molecule has 0 radical (unpaired) electrons. The Bertz CT molecular complexity index is 233. The third-order valence-corrected chi connectivity index (χ3v) is 2.49. The van der Waals surface area contributed by atoms with Crippen molar-refractivity contribution in [3.63, 3.8) is 0 Å². The van der Waals surface area contributed by atoms with Crippen molar-refractivity contribution in [3.05, 3.63) is 0 Å². The molecule has 1 atom stereocenters. The first-order chi connectivity index (χ1) is 8.46. The molecule has 0 amide bonds. The standard InChI is InChI=1S/C13H27NO4/c1-6-18-12(15)13(4,14-5)10-17-8-7-16-9-11(2)3/h11,14H,6-10H2,1-5H3. The molecule has 0 fully saturated rings. The van der Waals surface area contributed by atoms with E-state index in [1.54, 1.807) is 20.9 Å². The van der Waals surface area contributed by atoms with E-state index < -0.39 is 5.54 Å². The van der Waals surface area contributed by atoms with Crippen LogP contribution in [0.15, 0.2) is 0 Å². The second kappa shape index (κ2) is 9.30. The maximum absolute atomic E-state index is 11.7. The molecule has 0 saturated carbocycles. The van der Waals surface area contributed by atoms with E-state index in [2.05, 4.69) is 19.2 Å². The van der Waals surface area contributed by atoms with Crippen molar-refractivity contribution in [3.8, 4) is 0 Å². The van der Waals surface area contributed by atoms with Crippen LogP contribution in [0.1, 0.15) is 27.7 Å². The zero-order chi connectivity index (χ0) is 14.0. The fraction of sp³-hybridized carbons (Fsp3) is 0.923. The van der Waals surface area contributed by atoms with Gasteiger partial charge in [-0.15, -0.1) is 0 Å². The van der Waals surface area contributed by atoms with Crippen LogP contribution in [0.2, 0.25) is 0 Å². The molecule has 5 heteroatoms. The summed E-state index contributed by atoms with van der Waals surface area (Å²) < 4.78 is 15.8. The summed E-state index contributed by atoms with van der Waals surface area (Å²) in [6.07, 6.45) is 0. The minimum absolute atomic E-state index is 0.271. The highest BCUT2D eigenvalue weighted by Crippen LogP contribution is 2.07. The first-order valence-corrected chi connectivity index (χ1v) is 6.48. The minimum atomic E-state index is -0.798. The summed E-state index contributed by atoms with van der Waals surface area (Å²) in [7, 11) is 1.72. The summed E-state index contributed by atoms with van der Waals surface area (Å²) in [5.74, 6) is 0.225. The van der Waals surface area contributed by atoms with Crippen LogP contribution in [0.3, 0.4) is 0 Å². The Kier molecular flexibility index (Phi) is 8.97. The lowest BCUT2D eigenvalue weighted by Crippen LogP contribution is -2.52. The average molecular weight is 261 g/mol. The quantitative estimate of drug-likeness (QED) is 0.473. The second-order valence-electron chi connectivity index (χ2n) is 4.82. The normalized spacial score (nSPS) is 14.6. The van der Waals surface area contributed by atoms with Crippen molar-refractivity contribution < 1.29 is 19.0 Å². The van der Waals surface area contributed by atoms with E-state index in [0.717, 1.165) is 6.61 Å². The van der Waals surface area contributed by atoms with Crippen molar-refractivity contribution in [2.24, 2.45) is 5.92 Å². The van der Waals surface area contributed by atoms with Crippen LogP contribution >= 0.6 is 0 Å². The summed E-state index contributed by atoms with van der Waals surface area (Å²) in [6, 6.07) is 0. The third-order valence-electron chi connectivity index (χ3n) is 2.49. The number of ether oxygens (including phenoxy) is 3. The highest BCUT2D eigenvalue weighted by atomic mass is 16.5. The topological polar surface area (TPSA) is 56.8 Å². The molecule has 0 bridgehead atoms. The molecule has 0 aromatic rings. The lowest BCUT2D eigenvalue weighted by molar-refractivity contribution is -0.153. The van der Waals surface area contributed by atoms with Gasteiger partial charge in [-0.3, -0.25) is 0 Å². The number of carbonyl (C=O) groups is 1. The Morgan fingerprint density at radius 3 is 2.39 bits per heavy atom. The highest BCUT2D eigenvalue weighted by molar-refractivity contribution is 5.80. The summed E-state index contributed by atoms with van der Waals surface area (Å²) in [5, 5.41) is 2.93. The van der Waals surface area contributed by atoms with E-state index in [9.17, 15) is 4.79 Å². The molecular formula is C13H27NO4. The molecule has 0 aliphatic heterocycles. The van der Waals surface area contributed by atoms with E-state index in [1.165, 1.54) is 0 Å². The Morgan fingerprint density at radius 2 is 1.89 bits per heavy atom. The molecule has 18 heavy (non-hydrogen) atoms. The molecule has 1 N–H and O–H groups in total. The molecule has 0 aliphatic carbocycles. The summed E-state index contributed by atoms with van der Waals surface area (Å²) in [4.78, 5) is 11.7. The molecule has 0 heterocycles. The summed E-state index contributed by atoms with van der Waals surface area (Å²) >= 11 is 0. The van der Waals surface area contributed by atoms with Crippen molar-refractivity contribution in [2.75, 3.05) is 40.1 Å². The van der Waals surface area contributed by atoms with Crippen LogP contribution in [0, 0.1) is 5.92 Å². The van der Waals surface area contributed by atoms with E-state index in [4.69, 9.17) is 14.2 Å². The van der Waals surface area contributed by atoms with Gasteiger partial charge in [0.1, 0.15) is 5.54 Å². The molecule has 0 rings (SSSR count). The lowest BCUT2D eigenvalue weighted by Gasteiger charge is -2.26. The van der Waals surface area contributed by atoms with Crippen LogP contribution in [0.25, 0.3) is 0 Å². The fourth-order valence-electron chi connectivity index (χ4n) is 1.24. The predicted molar refractivity (Wildman–Crippen MR) is 70.6 cm³/mol. The van der Waals surface area contributed by atoms with Crippen LogP contribution in [0.5, 0.6) is 0 Å². The molecule has 0 aromatic heterocycles. The largest absolute Gasteiger partial charge is 0.465 e. The number of rotatable bonds is 10. The Balaban J connectivity index is 3.82. The molecular weight excluding hydrogens is 234 g/mol. The minimum Gasteiger partial charge on any atom is -0.465 e. The van der Waals surface area contributed by atoms with Crippen LogP contribution in [0.4, 0.5) is 0 Å². The Morgan fingerprint density at radius 1 is 1.28 bits per heavy atom. The van der Waals surface area contributed by atoms with Gasteiger partial charge in [-0.2, -0.15) is 0 Å². The van der Waals surface area contributed by atoms with Gasteiger partial charge in [-0.1, -0.05) is 13.8 Å². The molecule has 1 unspecified atom stereocenters. The predicted octanol–water partition coefficient (Wildman–Crippen LogP) is 1.22. The molecule has 0 aromatic carbocycles. The summed E-state index contributed by atoms with van der Waals surface area (Å²) in [5.41, 5.74) is -0.798. The summed E-state index contributed by atoms with van der Waals surface area (Å²) in [6.45, 7) is 10.1. The lowest BCUT2D eigenvalue weighted by atomic mass is 10.1. The van der Waals surface area contributed by atoms with Crippen molar-refractivity contribution in [2.45, 2.75) is 33.2 Å². The number of likely N-dealkylation sites (N-methyl/N-ethyl adjacent to an activating group) is 1. The van der Waals surface area contributed by atoms with Gasteiger partial charge in [0.25, 0.3) is 0 Å². The number of carbonyl (C=O) groups excluding carboxylic acids is 1. The molecule has 108 valence electrons. The van der Waals surface area contributed by atoms with Crippen molar-refractivity contribution in [1.29, 1.82) is 0 Å². The van der Waals surface area contributed by atoms with E-state index in [0.29, 0.717) is 25.7 Å². The smallest absolute Gasteiger partial charge is 0.328 e. The zero-order valence-electron chi connectivity index (χ0n) is 12.2. The number of hydrogen-bond acceptors (Lipinski definition) is 5. The maximum atomic E-state index is 11.7. The first kappa shape index (κ1) is 17.4. The molecule has 0 spiro atoms. The van der Waals surface area contributed by atoms with Crippen LogP contribution in [-0.2, 0) is 19.0 Å². The molecule has 0 aliphatic rings. The number of hydrogen-bond donors (Lipinski definition) is 1. The average Bonchev–Trinajstić information content (AvgIpc) is 2.33. The van der Waals surface area contributed by atoms with Crippen molar-refractivity contribution in [1.82, 2.24) is 5.32 Å². The van der Waals surface area contributed by atoms with Gasteiger partial charge in [-0.25, -0.2) is 4.79 Å². The van der Waals surface area contributed by atoms with E-state index >= 15 is 0 Å². The van der Waals surface area contributed by atoms with Gasteiger partial charge in [0, 0.05) is 6.61 Å². The SMILES string of the molecule is CCOC(=O)C(C)(COCCOCC(C)C)NC. The van der Waals surface area contributed by atoms with Gasteiger partial charge in [-0.05, 0) is 26.8 Å². The highest BCUT2D eigenvalue weighted by Gasteiger charge is 2.33. The van der Waals surface area contributed by atoms with Gasteiger partial charge in [0.05, 0.1) is 26.4 Å². The Hall–Kier alpha value is -0.650. The second-order valence-corrected chi connectivity index (χ2v) is 4.82. The monoisotopic (exact) mass is 261 g/mol. The third kappa shape index (κ3) is 6.93. The van der Waals surface area contributed by atoms with E-state index in [-0.39, 0.29) is 12.6 Å². The number of nitrogens with one attached hydrogen (secondary N) is 1. The number of esters is 1. The molecule has 5 nitrogen and oxygen atoms in total. The fourth-order valence-corrected chi connectivity index (χ4v) is 1.24. The van der Waals surface area contributed by atoms with Gasteiger partial charge in [0.2, 0.25) is 0 Å². The van der Waals surface area contributed by atoms with Crippen molar-refractivity contribution >= 4 is 5.97 Å². The van der Waals surface area contributed by atoms with E-state index in [1.807, 2.05) is 0 Å².